The van der Waals surface area contributed by atoms with Gasteiger partial charge in [-0.25, -0.2) is 10.0 Å². The molecule has 0 aliphatic heterocycles. The molecule has 70 valence electrons. The normalized spacial score (nSPS) is 8.93. The van der Waals surface area contributed by atoms with Crippen molar-refractivity contribution < 1.29 is 66.3 Å². The molecule has 14 heavy (non-hydrogen) atoms. The number of carbonyl (C=O) groups excluding carboxylic acids is 1. The summed E-state index contributed by atoms with van der Waals surface area (Å²) < 4.78 is 1.01. The second kappa shape index (κ2) is 6.21. The van der Waals surface area contributed by atoms with Crippen LogP contribution in [0, 0.1) is 10.1 Å². The molecule has 2 N–H and O–H groups in total. The minimum Gasteiger partial charge on any atom is -0.390 e. The van der Waals surface area contributed by atoms with Crippen LogP contribution in [0.3, 0.4) is 0 Å². The summed E-state index contributed by atoms with van der Waals surface area (Å²) in [5.41, 5.74) is 1.36. The van der Waals surface area contributed by atoms with Gasteiger partial charge in [-0.2, -0.15) is 0 Å². The molecule has 0 unspecified atom stereocenters. The van der Waals surface area contributed by atoms with Gasteiger partial charge in [-0.05, 0) is 4.92 Å². The van der Waals surface area contributed by atoms with E-state index in [0.717, 1.165) is 4.57 Å². The van der Waals surface area contributed by atoms with E-state index >= 15 is 0 Å². The molecule has 9 heteroatoms. The van der Waals surface area contributed by atoms with Crippen molar-refractivity contribution in [3.8, 4) is 0 Å². The standard InChI is InChI=1S/C5H6N4O4.K/c10-4(7-11)3-8-2-1-6-5(8)9(12)13;/h1-2,11H,3H2,(H,7,10);/q;+1. The second-order valence-electron chi connectivity index (χ2n) is 2.15. The van der Waals surface area contributed by atoms with Crippen molar-refractivity contribution in [2.24, 2.45) is 0 Å². The Hall–Kier alpha value is -0.324. The van der Waals surface area contributed by atoms with E-state index in [4.69, 9.17) is 5.21 Å². The summed E-state index contributed by atoms with van der Waals surface area (Å²) in [5, 5.41) is 18.4. The van der Waals surface area contributed by atoms with Gasteiger partial charge in [0.2, 0.25) is 0 Å². The molecule has 1 heterocycles. The van der Waals surface area contributed by atoms with E-state index in [2.05, 4.69) is 4.98 Å². The monoisotopic (exact) mass is 225 g/mol. The summed E-state index contributed by atoms with van der Waals surface area (Å²) in [6.07, 6.45) is 2.47. The van der Waals surface area contributed by atoms with E-state index in [-0.39, 0.29) is 57.9 Å². The Balaban J connectivity index is 0.00000169. The molecule has 0 bridgehead atoms. The number of nitrogens with one attached hydrogen (secondary N) is 1. The van der Waals surface area contributed by atoms with Crippen molar-refractivity contribution in [1.29, 1.82) is 0 Å². The zero-order chi connectivity index (χ0) is 9.84. The molecule has 0 fully saturated rings. The Morgan fingerprint density at radius 3 is 2.93 bits per heavy atom. The van der Waals surface area contributed by atoms with Gasteiger partial charge in [-0.3, -0.25) is 10.0 Å². The second-order valence-corrected chi connectivity index (χ2v) is 2.15. The van der Waals surface area contributed by atoms with Crippen LogP contribution < -0.4 is 56.9 Å². The minimum absolute atomic E-state index is 0. The van der Waals surface area contributed by atoms with Crippen molar-refractivity contribution in [2.75, 3.05) is 0 Å². The first-order chi connectivity index (χ1) is 6.15. The van der Waals surface area contributed by atoms with Crippen LogP contribution in [0.4, 0.5) is 5.95 Å². The van der Waals surface area contributed by atoms with Crippen LogP contribution in [0.25, 0.3) is 0 Å². The van der Waals surface area contributed by atoms with Gasteiger partial charge in [-0.1, -0.05) is 4.98 Å². The zero-order valence-corrected chi connectivity index (χ0v) is 10.5. The maximum absolute atomic E-state index is 10.6. The quantitative estimate of drug-likeness (QED) is 0.238. The first-order valence-electron chi connectivity index (χ1n) is 3.23. The average Bonchev–Trinajstić information content (AvgIpc) is 2.52. The Labute approximate surface area is 121 Å². The smallest absolute Gasteiger partial charge is 0.390 e. The summed E-state index contributed by atoms with van der Waals surface area (Å²) in [6, 6.07) is 0. The van der Waals surface area contributed by atoms with E-state index in [1.807, 2.05) is 0 Å². The third kappa shape index (κ3) is 3.44. The number of hydrogen-bond acceptors (Lipinski definition) is 5. The van der Waals surface area contributed by atoms with Gasteiger partial charge in [0.15, 0.2) is 6.54 Å². The molecule has 0 saturated heterocycles. The van der Waals surface area contributed by atoms with Crippen LogP contribution in [-0.2, 0) is 11.3 Å². The van der Waals surface area contributed by atoms with Crippen molar-refractivity contribution in [3.05, 3.63) is 22.5 Å². The molecule has 1 aromatic heterocycles. The number of hydrogen-bond donors (Lipinski definition) is 2. The summed E-state index contributed by atoms with van der Waals surface area (Å²) in [5.74, 6) is -1.19. The first-order valence-corrected chi connectivity index (χ1v) is 3.23. The summed E-state index contributed by atoms with van der Waals surface area (Å²) >= 11 is 0. The number of rotatable bonds is 3. The van der Waals surface area contributed by atoms with Crippen molar-refractivity contribution in [3.63, 3.8) is 0 Å². The number of carbonyl (C=O) groups is 1. The van der Waals surface area contributed by atoms with E-state index in [0.29, 0.717) is 0 Å². The van der Waals surface area contributed by atoms with E-state index in [1.54, 1.807) is 0 Å². The summed E-state index contributed by atoms with van der Waals surface area (Å²) in [4.78, 5) is 23.6. The molecule has 1 amide bonds. The molecule has 0 saturated carbocycles. The molecule has 0 radical (unpaired) electrons. The fourth-order valence-electron chi connectivity index (χ4n) is 0.787. The predicted molar refractivity (Wildman–Crippen MR) is 38.8 cm³/mol. The molecular weight excluding hydrogens is 219 g/mol. The van der Waals surface area contributed by atoms with Gasteiger partial charge >= 0.3 is 57.3 Å². The molecule has 0 aliphatic carbocycles. The van der Waals surface area contributed by atoms with E-state index < -0.39 is 16.8 Å². The van der Waals surface area contributed by atoms with Gasteiger partial charge < -0.3 is 10.1 Å². The maximum Gasteiger partial charge on any atom is 1.00 e. The molecule has 0 atom stereocenters. The number of amides is 1. The van der Waals surface area contributed by atoms with Gasteiger partial charge in [0.05, 0.1) is 0 Å². The van der Waals surface area contributed by atoms with Crippen LogP contribution in [0.1, 0.15) is 0 Å². The summed E-state index contributed by atoms with van der Waals surface area (Å²) in [7, 11) is 0. The number of imidazole rings is 1. The van der Waals surface area contributed by atoms with Crippen LogP contribution in [0.2, 0.25) is 0 Å². The molecule has 0 aliphatic rings. The van der Waals surface area contributed by atoms with Crippen LogP contribution in [0.5, 0.6) is 0 Å². The maximum atomic E-state index is 10.6. The number of nitrogens with zero attached hydrogens (tertiary/aromatic N) is 3. The predicted octanol–water partition coefficient (Wildman–Crippen LogP) is -3.70. The fraction of sp³-hybridized carbons (Fsp3) is 0.200. The molecule has 0 aromatic carbocycles. The topological polar surface area (TPSA) is 110 Å². The Morgan fingerprint density at radius 1 is 1.79 bits per heavy atom. The fourth-order valence-corrected chi connectivity index (χ4v) is 0.787. The number of hydroxylamine groups is 1. The summed E-state index contributed by atoms with van der Waals surface area (Å²) in [6.45, 7) is -0.340. The van der Waals surface area contributed by atoms with Crippen LogP contribution >= 0.6 is 0 Å². The molecule has 1 aromatic rings. The first kappa shape index (κ1) is 13.7. The number of nitro groups is 1. The SMILES string of the molecule is O=C(Cn1ccnc1[N+](=O)[O-])NO.[K+]. The van der Waals surface area contributed by atoms with Crippen molar-refractivity contribution in [1.82, 2.24) is 15.0 Å². The van der Waals surface area contributed by atoms with Crippen LogP contribution in [0.15, 0.2) is 12.4 Å². The molecule has 1 rings (SSSR count). The van der Waals surface area contributed by atoms with Crippen LogP contribution in [-0.4, -0.2) is 25.6 Å². The third-order valence-electron chi connectivity index (χ3n) is 1.30. The third-order valence-corrected chi connectivity index (χ3v) is 1.30. The largest absolute Gasteiger partial charge is 1.00 e. The molecular formula is C5H6KN4O4+. The van der Waals surface area contributed by atoms with E-state index in [9.17, 15) is 14.9 Å². The Bertz CT molecular complexity index is 338. The van der Waals surface area contributed by atoms with Gasteiger partial charge in [0.25, 0.3) is 5.91 Å². The molecule has 8 nitrogen and oxygen atoms in total. The Kier molecular flexibility index (Phi) is 6.07. The van der Waals surface area contributed by atoms with Gasteiger partial charge in [-0.15, -0.1) is 0 Å². The minimum atomic E-state index is -0.749. The van der Waals surface area contributed by atoms with Crippen molar-refractivity contribution >= 4 is 11.9 Å². The van der Waals surface area contributed by atoms with Crippen molar-refractivity contribution in [2.45, 2.75) is 6.54 Å². The number of aromatic nitrogens is 2. The van der Waals surface area contributed by atoms with E-state index in [1.165, 1.54) is 17.9 Å². The molecule has 0 spiro atoms. The van der Waals surface area contributed by atoms with Gasteiger partial charge in [0.1, 0.15) is 12.4 Å². The zero-order valence-electron chi connectivity index (χ0n) is 7.38. The van der Waals surface area contributed by atoms with Gasteiger partial charge in [0, 0.05) is 0 Å². The average molecular weight is 225 g/mol. The Morgan fingerprint density at radius 2 is 2.43 bits per heavy atom.